The second-order valence-corrected chi connectivity index (χ2v) is 9.30. The van der Waals surface area contributed by atoms with E-state index >= 15 is 0 Å². The maximum absolute atomic E-state index is 13.7. The predicted molar refractivity (Wildman–Crippen MR) is 120 cm³/mol. The first kappa shape index (κ1) is 21.7. The van der Waals surface area contributed by atoms with Gasteiger partial charge in [0.05, 0.1) is 5.56 Å². The number of carbonyl (C=O) groups excluding carboxylic acids is 1. The molecule has 0 amide bonds. The van der Waals surface area contributed by atoms with Crippen LogP contribution in [-0.4, -0.2) is 5.97 Å². The summed E-state index contributed by atoms with van der Waals surface area (Å²) in [5.41, 5.74) is -0.519. The molecular formula is C26H18F3O2S+. The summed E-state index contributed by atoms with van der Waals surface area (Å²) in [6.45, 7) is 3.38. The Morgan fingerprint density at radius 2 is 1.66 bits per heavy atom. The van der Waals surface area contributed by atoms with Crippen LogP contribution in [0.5, 0.6) is 0 Å². The van der Waals surface area contributed by atoms with Crippen molar-refractivity contribution in [1.29, 1.82) is 0 Å². The third kappa shape index (κ3) is 3.76. The average molecular weight is 451 g/mol. The summed E-state index contributed by atoms with van der Waals surface area (Å²) >= 11 is 0. The lowest BCUT2D eigenvalue weighted by Gasteiger charge is -2.24. The molecule has 2 atom stereocenters. The number of carbonyl (C=O) groups is 1. The highest BCUT2D eigenvalue weighted by atomic mass is 32.2. The van der Waals surface area contributed by atoms with Gasteiger partial charge in [0, 0.05) is 27.0 Å². The number of hydrogen-bond acceptors (Lipinski definition) is 2. The molecule has 1 heterocycles. The van der Waals surface area contributed by atoms with Crippen LogP contribution >= 0.6 is 10.5 Å². The molecule has 2 nitrogen and oxygen atoms in total. The van der Waals surface area contributed by atoms with E-state index in [0.29, 0.717) is 0 Å². The lowest BCUT2D eigenvalue weighted by atomic mass is 9.96. The first-order chi connectivity index (χ1) is 15.2. The molecule has 0 radical (unpaired) electrons. The van der Waals surface area contributed by atoms with Crippen LogP contribution < -0.4 is 0 Å². The molecule has 0 spiro atoms. The SMILES string of the molecule is C#CC(C)(OC(=O)c1ccc(-[s+]2cc(C)c3ccccc32)cc1)c1cc(F)c(F)c(F)c1. The Kier molecular flexibility index (Phi) is 5.53. The molecule has 4 aromatic rings. The van der Waals surface area contributed by atoms with E-state index in [1.54, 1.807) is 12.1 Å². The van der Waals surface area contributed by atoms with Crippen molar-refractivity contribution in [3.05, 3.63) is 100 Å². The van der Waals surface area contributed by atoms with Crippen LogP contribution in [0.2, 0.25) is 0 Å². The summed E-state index contributed by atoms with van der Waals surface area (Å²) in [5, 5.41) is 3.41. The number of esters is 1. The Morgan fingerprint density at radius 3 is 2.28 bits per heavy atom. The number of benzene rings is 3. The van der Waals surface area contributed by atoms with Crippen LogP contribution in [0.15, 0.2) is 66.0 Å². The number of rotatable bonds is 4. The van der Waals surface area contributed by atoms with Crippen molar-refractivity contribution < 1.29 is 22.7 Å². The highest BCUT2D eigenvalue weighted by Crippen LogP contribution is 2.42. The smallest absolute Gasteiger partial charge is 0.339 e. The molecule has 0 aliphatic carbocycles. The number of halogens is 3. The van der Waals surface area contributed by atoms with Crippen LogP contribution in [0.1, 0.15) is 28.4 Å². The van der Waals surface area contributed by atoms with Crippen LogP contribution in [0.25, 0.3) is 15.0 Å². The second-order valence-electron chi connectivity index (χ2n) is 7.48. The number of ether oxygens (including phenoxy) is 1. The molecule has 0 N–H and O–H groups in total. The van der Waals surface area contributed by atoms with E-state index in [0.717, 1.165) is 17.0 Å². The van der Waals surface area contributed by atoms with Crippen molar-refractivity contribution in [3.63, 3.8) is 0 Å². The van der Waals surface area contributed by atoms with Crippen molar-refractivity contribution >= 4 is 26.5 Å². The zero-order valence-corrected chi connectivity index (χ0v) is 18.1. The molecule has 160 valence electrons. The van der Waals surface area contributed by atoms with Gasteiger partial charge in [-0.1, -0.05) is 18.1 Å². The molecule has 4 rings (SSSR count). The molecule has 3 aromatic carbocycles. The quantitative estimate of drug-likeness (QED) is 0.144. The normalized spacial score (nSPS) is 13.4. The van der Waals surface area contributed by atoms with Crippen molar-refractivity contribution in [2.45, 2.75) is 19.4 Å². The zero-order chi connectivity index (χ0) is 23.0. The van der Waals surface area contributed by atoms with E-state index in [1.807, 2.05) is 24.3 Å². The van der Waals surface area contributed by atoms with E-state index in [-0.39, 0.29) is 21.6 Å². The lowest BCUT2D eigenvalue weighted by Crippen LogP contribution is -2.28. The molecule has 0 aliphatic heterocycles. The van der Waals surface area contributed by atoms with Gasteiger partial charge in [-0.15, -0.1) is 6.42 Å². The minimum Gasteiger partial charge on any atom is -0.438 e. The van der Waals surface area contributed by atoms with Gasteiger partial charge < -0.3 is 4.74 Å². The van der Waals surface area contributed by atoms with Crippen LogP contribution in [0, 0.1) is 36.7 Å². The summed E-state index contributed by atoms with van der Waals surface area (Å²) in [6, 6.07) is 16.6. The third-order valence-corrected chi connectivity index (χ3v) is 7.49. The van der Waals surface area contributed by atoms with Crippen molar-refractivity contribution in [3.8, 4) is 17.2 Å². The summed E-state index contributed by atoms with van der Waals surface area (Å²) in [5.74, 6) is -2.97. The van der Waals surface area contributed by atoms with E-state index in [9.17, 15) is 18.0 Å². The first-order valence-corrected chi connectivity index (χ1v) is 11.0. The van der Waals surface area contributed by atoms with E-state index < -0.39 is 29.0 Å². The van der Waals surface area contributed by atoms with E-state index in [1.165, 1.54) is 22.6 Å². The molecule has 0 aliphatic rings. The largest absolute Gasteiger partial charge is 0.438 e. The Balaban J connectivity index is 1.62. The zero-order valence-electron chi connectivity index (χ0n) is 17.3. The van der Waals surface area contributed by atoms with E-state index in [4.69, 9.17) is 11.2 Å². The summed E-state index contributed by atoms with van der Waals surface area (Å²) in [7, 11) is -0.240. The van der Waals surface area contributed by atoms with Gasteiger partial charge in [0.2, 0.25) is 0 Å². The Hall–Kier alpha value is -3.56. The Bertz CT molecular complexity index is 1360. The summed E-state index contributed by atoms with van der Waals surface area (Å²) in [6.07, 6.45) is 5.50. The highest BCUT2D eigenvalue weighted by Gasteiger charge is 2.32. The van der Waals surface area contributed by atoms with Gasteiger partial charge >= 0.3 is 5.97 Å². The number of aryl methyl sites for hydroxylation is 1. The molecule has 0 saturated heterocycles. The first-order valence-electron chi connectivity index (χ1n) is 9.70. The molecule has 0 fully saturated rings. The van der Waals surface area contributed by atoms with Crippen LogP contribution in [0.4, 0.5) is 13.2 Å². The number of thiophene rings is 1. The van der Waals surface area contributed by atoms with Gasteiger partial charge in [0.15, 0.2) is 32.6 Å². The highest BCUT2D eigenvalue weighted by molar-refractivity contribution is 7.43. The fourth-order valence-corrected chi connectivity index (χ4v) is 5.59. The van der Waals surface area contributed by atoms with Crippen molar-refractivity contribution in [2.75, 3.05) is 0 Å². The van der Waals surface area contributed by atoms with Crippen molar-refractivity contribution in [2.24, 2.45) is 0 Å². The third-order valence-electron chi connectivity index (χ3n) is 5.29. The predicted octanol–water partition coefficient (Wildman–Crippen LogP) is 7.01. The van der Waals surface area contributed by atoms with E-state index in [2.05, 4.69) is 30.4 Å². The minimum absolute atomic E-state index is 0.175. The van der Waals surface area contributed by atoms with Gasteiger partial charge in [-0.25, -0.2) is 18.0 Å². The van der Waals surface area contributed by atoms with Gasteiger partial charge in [-0.05, 0) is 62.4 Å². The molecule has 2 unspecified atom stereocenters. The fraction of sp³-hybridized carbons (Fsp3) is 0.115. The topological polar surface area (TPSA) is 26.3 Å². The van der Waals surface area contributed by atoms with Gasteiger partial charge in [-0.3, -0.25) is 0 Å². The molecular weight excluding hydrogens is 433 g/mol. The summed E-state index contributed by atoms with van der Waals surface area (Å²) in [4.78, 5) is 13.8. The van der Waals surface area contributed by atoms with Gasteiger partial charge in [0.1, 0.15) is 5.38 Å². The Morgan fingerprint density at radius 1 is 1.03 bits per heavy atom. The maximum Gasteiger partial charge on any atom is 0.339 e. The Labute approximate surface area is 186 Å². The molecule has 32 heavy (non-hydrogen) atoms. The average Bonchev–Trinajstić information content (AvgIpc) is 3.13. The molecule has 0 bridgehead atoms. The van der Waals surface area contributed by atoms with Gasteiger partial charge in [0.25, 0.3) is 0 Å². The number of hydrogen-bond donors (Lipinski definition) is 0. The maximum atomic E-state index is 13.7. The van der Waals surface area contributed by atoms with Crippen molar-refractivity contribution in [1.82, 2.24) is 0 Å². The van der Waals surface area contributed by atoms with Gasteiger partial charge in [-0.2, -0.15) is 0 Å². The fourth-order valence-electron chi connectivity index (χ4n) is 3.47. The standard InChI is InChI=1S/C26H18F3O2S/c1-4-26(3,18-13-21(27)24(29)22(28)14-18)31-25(30)17-9-11-19(12-10-17)32-15-16(2)20-7-5-6-8-23(20)32/h1,5-15H,2-3H3/q+1. The molecule has 6 heteroatoms. The minimum atomic E-state index is -1.78. The monoisotopic (exact) mass is 451 g/mol. The van der Waals surface area contributed by atoms with Crippen LogP contribution in [-0.2, 0) is 10.3 Å². The lowest BCUT2D eigenvalue weighted by molar-refractivity contribution is 0.0126. The molecule has 0 saturated carbocycles. The summed E-state index contributed by atoms with van der Waals surface area (Å²) < 4.78 is 47.3. The number of fused-ring (bicyclic) bond motifs is 1. The molecule has 1 aromatic heterocycles. The number of terminal acetylenes is 1. The second kappa shape index (κ2) is 8.18. The van der Waals surface area contributed by atoms with Crippen LogP contribution in [0.3, 0.4) is 0 Å².